The maximum Gasteiger partial charge on any atom is 0.300 e. The lowest BCUT2D eigenvalue weighted by atomic mass is 9.97. The minimum absolute atomic E-state index is 0.0316. The lowest BCUT2D eigenvalue weighted by molar-refractivity contribution is -0.132. The summed E-state index contributed by atoms with van der Waals surface area (Å²) in [5, 5.41) is 11.3. The molecule has 1 fully saturated rings. The number of furan rings is 1. The molecule has 8 heteroatoms. The molecule has 0 bridgehead atoms. The van der Waals surface area contributed by atoms with Gasteiger partial charge in [-0.3, -0.25) is 14.5 Å². The molecule has 1 amide bonds. The third-order valence-corrected chi connectivity index (χ3v) is 6.04. The second kappa shape index (κ2) is 8.30. The molecule has 0 aliphatic carbocycles. The predicted octanol–water partition coefficient (Wildman–Crippen LogP) is 4.25. The number of aliphatic hydroxyl groups excluding tert-OH is 1. The number of methoxy groups -OCH3 is 2. The van der Waals surface area contributed by atoms with Crippen molar-refractivity contribution in [2.75, 3.05) is 19.1 Å². The Morgan fingerprint density at radius 2 is 1.79 bits per heavy atom. The molecule has 8 nitrogen and oxygen atoms in total. The van der Waals surface area contributed by atoms with Crippen LogP contribution in [0.1, 0.15) is 29.9 Å². The Kier molecular flexibility index (Phi) is 5.28. The molecule has 1 N–H and O–H groups in total. The minimum Gasteiger partial charge on any atom is -0.507 e. The highest BCUT2D eigenvalue weighted by atomic mass is 16.5. The first-order valence-corrected chi connectivity index (χ1v) is 10.8. The molecule has 0 radical (unpaired) electrons. The fraction of sp³-hybridized carbons (Fsp3) is 0.231. The standard InChI is InChI=1S/C26H23NO7/c1-14-9-16-10-15(6-7-20(16)34-14)24(28)22-23(21-5-4-8-33-21)27(26(30)25(22)29)17-11-18(31-2)13-19(12-17)32-3/h4-8,10-14,23,28H,9H2,1-3H3/b24-22-. The van der Waals surface area contributed by atoms with Crippen molar-refractivity contribution in [3.63, 3.8) is 0 Å². The first-order chi connectivity index (χ1) is 16.4. The van der Waals surface area contributed by atoms with E-state index in [2.05, 4.69) is 0 Å². The van der Waals surface area contributed by atoms with Crippen LogP contribution in [-0.4, -0.2) is 37.1 Å². The van der Waals surface area contributed by atoms with Gasteiger partial charge in [0, 0.05) is 30.2 Å². The number of fused-ring (bicyclic) bond motifs is 1. The van der Waals surface area contributed by atoms with Crippen LogP contribution in [0.25, 0.3) is 5.76 Å². The van der Waals surface area contributed by atoms with Crippen LogP contribution in [0.2, 0.25) is 0 Å². The van der Waals surface area contributed by atoms with Crippen molar-refractivity contribution in [2.45, 2.75) is 25.5 Å². The van der Waals surface area contributed by atoms with E-state index in [0.29, 0.717) is 34.9 Å². The van der Waals surface area contributed by atoms with Gasteiger partial charge in [-0.25, -0.2) is 0 Å². The van der Waals surface area contributed by atoms with E-state index in [-0.39, 0.29) is 17.4 Å². The number of ketones is 1. The van der Waals surface area contributed by atoms with Crippen molar-refractivity contribution >= 4 is 23.1 Å². The Labute approximate surface area is 196 Å². The summed E-state index contributed by atoms with van der Waals surface area (Å²) in [7, 11) is 2.99. The molecular formula is C26H23NO7. The Hall–Kier alpha value is -4.20. The fourth-order valence-electron chi connectivity index (χ4n) is 4.47. The lowest BCUT2D eigenvalue weighted by Gasteiger charge is -2.24. The summed E-state index contributed by atoms with van der Waals surface area (Å²) < 4.78 is 22.0. The predicted molar refractivity (Wildman–Crippen MR) is 123 cm³/mol. The summed E-state index contributed by atoms with van der Waals surface area (Å²) in [6, 6.07) is 12.5. The van der Waals surface area contributed by atoms with Crippen molar-refractivity contribution in [3.8, 4) is 17.2 Å². The molecular weight excluding hydrogens is 438 g/mol. The number of carbonyl (C=O) groups is 2. The van der Waals surface area contributed by atoms with Gasteiger partial charge in [-0.1, -0.05) is 0 Å². The van der Waals surface area contributed by atoms with Gasteiger partial charge in [0.2, 0.25) is 0 Å². The van der Waals surface area contributed by atoms with Gasteiger partial charge in [0.05, 0.1) is 31.7 Å². The molecule has 174 valence electrons. The first kappa shape index (κ1) is 21.6. The van der Waals surface area contributed by atoms with E-state index < -0.39 is 17.7 Å². The average Bonchev–Trinajstić information content (AvgIpc) is 3.56. The first-order valence-electron chi connectivity index (χ1n) is 10.8. The molecule has 2 atom stereocenters. The second-order valence-electron chi connectivity index (χ2n) is 8.21. The van der Waals surface area contributed by atoms with E-state index >= 15 is 0 Å². The van der Waals surface area contributed by atoms with Crippen LogP contribution < -0.4 is 19.1 Å². The molecule has 0 saturated carbocycles. The van der Waals surface area contributed by atoms with Crippen molar-refractivity contribution < 1.29 is 33.3 Å². The van der Waals surface area contributed by atoms with Gasteiger partial charge in [0.15, 0.2) is 0 Å². The molecule has 1 aromatic heterocycles. The number of hydrogen-bond acceptors (Lipinski definition) is 7. The Morgan fingerprint density at radius 1 is 1.06 bits per heavy atom. The summed E-state index contributed by atoms with van der Waals surface area (Å²) >= 11 is 0. The van der Waals surface area contributed by atoms with Gasteiger partial charge in [-0.05, 0) is 42.8 Å². The maximum atomic E-state index is 13.3. The van der Waals surface area contributed by atoms with Crippen LogP contribution in [-0.2, 0) is 16.0 Å². The molecule has 2 aliphatic rings. The smallest absolute Gasteiger partial charge is 0.300 e. The Morgan fingerprint density at radius 3 is 2.44 bits per heavy atom. The number of benzene rings is 2. The minimum atomic E-state index is -0.977. The molecule has 34 heavy (non-hydrogen) atoms. The largest absolute Gasteiger partial charge is 0.507 e. The number of nitrogens with zero attached hydrogens (tertiary/aromatic N) is 1. The Bertz CT molecular complexity index is 1290. The number of carbonyl (C=O) groups excluding carboxylic acids is 2. The monoisotopic (exact) mass is 461 g/mol. The summed E-state index contributed by atoms with van der Waals surface area (Å²) in [5.74, 6) is 0.0854. The van der Waals surface area contributed by atoms with Crippen molar-refractivity contribution in [1.82, 2.24) is 0 Å². The SMILES string of the molecule is COc1cc(OC)cc(N2C(=O)C(=O)/C(=C(\O)c3ccc4c(c3)CC(C)O4)C2c2ccco2)c1. The van der Waals surface area contributed by atoms with Crippen LogP contribution >= 0.6 is 0 Å². The van der Waals surface area contributed by atoms with E-state index in [1.54, 1.807) is 48.5 Å². The van der Waals surface area contributed by atoms with Crippen LogP contribution in [0.5, 0.6) is 17.2 Å². The number of anilines is 1. The number of aliphatic hydroxyl groups is 1. The van der Waals surface area contributed by atoms with E-state index in [1.165, 1.54) is 25.4 Å². The van der Waals surface area contributed by atoms with Crippen LogP contribution in [0.3, 0.4) is 0 Å². The summed E-state index contributed by atoms with van der Waals surface area (Å²) in [6.07, 6.45) is 2.18. The molecule has 3 aromatic rings. The number of hydrogen-bond donors (Lipinski definition) is 1. The van der Waals surface area contributed by atoms with E-state index in [1.807, 2.05) is 6.92 Å². The topological polar surface area (TPSA) is 98.4 Å². The molecule has 0 spiro atoms. The summed E-state index contributed by atoms with van der Waals surface area (Å²) in [4.78, 5) is 27.8. The quantitative estimate of drug-likeness (QED) is 0.345. The fourth-order valence-corrected chi connectivity index (χ4v) is 4.47. The molecule has 3 heterocycles. The van der Waals surface area contributed by atoms with Crippen LogP contribution in [0.4, 0.5) is 5.69 Å². The van der Waals surface area contributed by atoms with E-state index in [9.17, 15) is 14.7 Å². The van der Waals surface area contributed by atoms with Crippen LogP contribution in [0, 0.1) is 0 Å². The van der Waals surface area contributed by atoms with Gasteiger partial charge in [0.25, 0.3) is 11.7 Å². The number of ether oxygens (including phenoxy) is 3. The number of rotatable bonds is 5. The molecule has 5 rings (SSSR count). The Balaban J connectivity index is 1.67. The summed E-state index contributed by atoms with van der Waals surface area (Å²) in [6.45, 7) is 1.96. The van der Waals surface area contributed by atoms with Gasteiger partial charge in [0.1, 0.15) is 40.9 Å². The molecule has 2 aromatic carbocycles. The van der Waals surface area contributed by atoms with Gasteiger partial charge < -0.3 is 23.7 Å². The van der Waals surface area contributed by atoms with Crippen molar-refractivity contribution in [3.05, 3.63) is 77.3 Å². The van der Waals surface area contributed by atoms with Gasteiger partial charge >= 0.3 is 0 Å². The van der Waals surface area contributed by atoms with Gasteiger partial charge in [-0.2, -0.15) is 0 Å². The van der Waals surface area contributed by atoms with E-state index in [4.69, 9.17) is 18.6 Å². The molecule has 2 aliphatic heterocycles. The molecule has 1 saturated heterocycles. The zero-order valence-electron chi connectivity index (χ0n) is 18.9. The zero-order chi connectivity index (χ0) is 24.0. The van der Waals surface area contributed by atoms with Gasteiger partial charge in [-0.15, -0.1) is 0 Å². The lowest BCUT2D eigenvalue weighted by Crippen LogP contribution is -2.29. The average molecular weight is 461 g/mol. The highest BCUT2D eigenvalue weighted by molar-refractivity contribution is 6.51. The highest BCUT2D eigenvalue weighted by Crippen LogP contribution is 2.44. The number of amides is 1. The maximum absolute atomic E-state index is 13.3. The van der Waals surface area contributed by atoms with E-state index in [0.717, 1.165) is 11.3 Å². The zero-order valence-corrected chi connectivity index (χ0v) is 18.9. The number of Topliss-reactive ketones (excluding diaryl/α,β-unsaturated/α-hetero) is 1. The third kappa shape index (κ3) is 3.48. The highest BCUT2D eigenvalue weighted by Gasteiger charge is 2.48. The normalized spacial score (nSPS) is 20.9. The summed E-state index contributed by atoms with van der Waals surface area (Å²) in [5.41, 5.74) is 1.66. The second-order valence-corrected chi connectivity index (χ2v) is 8.21. The van der Waals surface area contributed by atoms with Crippen molar-refractivity contribution in [2.24, 2.45) is 0 Å². The molecule has 2 unspecified atom stereocenters. The van der Waals surface area contributed by atoms with Crippen molar-refractivity contribution in [1.29, 1.82) is 0 Å². The van der Waals surface area contributed by atoms with Crippen LogP contribution in [0.15, 0.2) is 64.8 Å². The third-order valence-electron chi connectivity index (χ3n) is 6.04.